The van der Waals surface area contributed by atoms with Crippen molar-refractivity contribution in [2.24, 2.45) is 0 Å². The van der Waals surface area contributed by atoms with Gasteiger partial charge in [-0.05, 0) is 91.0 Å². The van der Waals surface area contributed by atoms with Crippen LogP contribution in [0.4, 0.5) is 0 Å². The summed E-state index contributed by atoms with van der Waals surface area (Å²) in [6, 6.07) is 77.0. The molecule has 4 heteroatoms. The van der Waals surface area contributed by atoms with Crippen molar-refractivity contribution in [1.29, 1.82) is 0 Å². The number of hydrogen-bond donors (Lipinski definition) is 0. The minimum Gasteiger partial charge on any atom is -0.208 e. The van der Waals surface area contributed by atoms with Gasteiger partial charge in [0.15, 0.2) is 17.5 Å². The summed E-state index contributed by atoms with van der Waals surface area (Å²) in [5, 5.41) is 2.62. The third-order valence-corrected chi connectivity index (χ3v) is 14.1. The number of aromatic nitrogens is 3. The summed E-state index contributed by atoms with van der Waals surface area (Å²) in [5.41, 5.74) is 17.1. The second-order valence-corrected chi connectivity index (χ2v) is 17.3. The maximum absolute atomic E-state index is 5.26. The Bertz CT molecular complexity index is 3570. The van der Waals surface area contributed by atoms with E-state index in [1.54, 1.807) is 0 Å². The maximum atomic E-state index is 5.26. The molecule has 62 heavy (non-hydrogen) atoms. The summed E-state index contributed by atoms with van der Waals surface area (Å²) >= 11 is 1.88. The number of hydrogen-bond acceptors (Lipinski definition) is 4. The van der Waals surface area contributed by atoms with Crippen molar-refractivity contribution in [3.8, 4) is 78.7 Å². The summed E-state index contributed by atoms with van der Waals surface area (Å²) in [5.74, 6) is 1.91. The van der Waals surface area contributed by atoms with Crippen LogP contribution in [0.2, 0.25) is 0 Å². The van der Waals surface area contributed by atoms with Crippen molar-refractivity contribution in [3.63, 3.8) is 0 Å². The van der Waals surface area contributed by atoms with Crippen LogP contribution in [0.25, 0.3) is 98.8 Å². The Morgan fingerprint density at radius 1 is 0.274 bits per heavy atom. The first-order chi connectivity index (χ1) is 30.7. The van der Waals surface area contributed by atoms with E-state index < -0.39 is 5.41 Å². The Kier molecular flexibility index (Phi) is 7.69. The maximum Gasteiger partial charge on any atom is 0.164 e. The van der Waals surface area contributed by atoms with Crippen molar-refractivity contribution in [1.82, 2.24) is 15.0 Å². The van der Waals surface area contributed by atoms with Gasteiger partial charge in [-0.1, -0.05) is 188 Å². The van der Waals surface area contributed by atoms with Crippen molar-refractivity contribution < 1.29 is 0 Å². The van der Waals surface area contributed by atoms with E-state index in [4.69, 9.17) is 15.0 Å². The SMILES string of the molecule is c1ccc(-c2ccc(-c3nc(-c4ccccc4)nc(-c4ccc5c(c4)-c4ccccc4-c4ccccc4C54c5ccccc5-c5cc6c(cc54)sc4ccccc46)n3)cc2)cc1. The number of rotatable bonds is 4. The van der Waals surface area contributed by atoms with Gasteiger partial charge in [-0.25, -0.2) is 15.0 Å². The molecule has 9 aromatic carbocycles. The van der Waals surface area contributed by atoms with E-state index in [2.05, 4.69) is 188 Å². The molecular formula is C58H35N3S. The van der Waals surface area contributed by atoms with E-state index in [1.807, 2.05) is 35.6 Å². The van der Waals surface area contributed by atoms with Crippen LogP contribution in [0.5, 0.6) is 0 Å². The summed E-state index contributed by atoms with van der Waals surface area (Å²) < 4.78 is 2.61. The topological polar surface area (TPSA) is 38.7 Å². The highest BCUT2D eigenvalue weighted by Gasteiger charge is 2.50. The molecule has 0 saturated carbocycles. The van der Waals surface area contributed by atoms with Crippen LogP contribution in [0.15, 0.2) is 212 Å². The Morgan fingerprint density at radius 3 is 1.42 bits per heavy atom. The Balaban J connectivity index is 1.07. The van der Waals surface area contributed by atoms with Crippen molar-refractivity contribution in [3.05, 3.63) is 235 Å². The van der Waals surface area contributed by atoms with Crippen LogP contribution in [-0.2, 0) is 5.41 Å². The molecule has 3 nitrogen and oxygen atoms in total. The highest BCUT2D eigenvalue weighted by Crippen LogP contribution is 2.62. The summed E-state index contributed by atoms with van der Waals surface area (Å²) in [6.45, 7) is 0. The molecule has 1 spiro atoms. The zero-order valence-corrected chi connectivity index (χ0v) is 34.3. The molecule has 2 aliphatic rings. The van der Waals surface area contributed by atoms with Crippen LogP contribution in [0.1, 0.15) is 22.3 Å². The minimum absolute atomic E-state index is 0.597. The predicted octanol–water partition coefficient (Wildman–Crippen LogP) is 14.9. The van der Waals surface area contributed by atoms with Gasteiger partial charge in [0.05, 0.1) is 5.41 Å². The fourth-order valence-electron chi connectivity index (χ4n) is 10.2. The first-order valence-electron chi connectivity index (χ1n) is 21.1. The summed E-state index contributed by atoms with van der Waals surface area (Å²) in [4.78, 5) is 15.6. The Hall–Kier alpha value is -7.79. The van der Waals surface area contributed by atoms with E-state index >= 15 is 0 Å². The summed E-state index contributed by atoms with van der Waals surface area (Å²) in [6.07, 6.45) is 0. The van der Waals surface area contributed by atoms with Gasteiger partial charge in [0.1, 0.15) is 0 Å². The van der Waals surface area contributed by atoms with Crippen molar-refractivity contribution in [2.45, 2.75) is 5.41 Å². The van der Waals surface area contributed by atoms with Gasteiger partial charge < -0.3 is 0 Å². The summed E-state index contributed by atoms with van der Waals surface area (Å²) in [7, 11) is 0. The molecule has 0 bridgehead atoms. The molecule has 2 aliphatic carbocycles. The van der Waals surface area contributed by atoms with Crippen LogP contribution in [-0.4, -0.2) is 15.0 Å². The van der Waals surface area contributed by atoms with E-state index in [9.17, 15) is 0 Å². The smallest absolute Gasteiger partial charge is 0.164 e. The number of benzene rings is 9. The van der Waals surface area contributed by atoms with E-state index in [-0.39, 0.29) is 0 Å². The molecule has 2 aromatic heterocycles. The molecule has 0 N–H and O–H groups in total. The van der Waals surface area contributed by atoms with E-state index in [0.29, 0.717) is 17.5 Å². The van der Waals surface area contributed by atoms with Gasteiger partial charge in [0.25, 0.3) is 0 Å². The third-order valence-electron chi connectivity index (χ3n) is 13.0. The molecule has 0 aliphatic heterocycles. The average molecular weight is 806 g/mol. The molecule has 13 rings (SSSR count). The lowest BCUT2D eigenvalue weighted by Crippen LogP contribution is -2.29. The van der Waals surface area contributed by atoms with Gasteiger partial charge in [0, 0.05) is 36.9 Å². The number of nitrogens with zero attached hydrogens (tertiary/aromatic N) is 3. The third kappa shape index (κ3) is 5.14. The van der Waals surface area contributed by atoms with Crippen LogP contribution >= 0.6 is 11.3 Å². The molecule has 1 unspecified atom stereocenters. The monoisotopic (exact) mass is 805 g/mol. The zero-order chi connectivity index (χ0) is 40.8. The molecule has 0 saturated heterocycles. The van der Waals surface area contributed by atoms with Crippen LogP contribution in [0.3, 0.4) is 0 Å². The predicted molar refractivity (Wildman–Crippen MR) is 256 cm³/mol. The first-order valence-corrected chi connectivity index (χ1v) is 21.9. The van der Waals surface area contributed by atoms with Gasteiger partial charge in [-0.2, -0.15) is 0 Å². The van der Waals surface area contributed by atoms with Gasteiger partial charge in [-0.3, -0.25) is 0 Å². The molecule has 288 valence electrons. The highest BCUT2D eigenvalue weighted by atomic mass is 32.1. The van der Waals surface area contributed by atoms with Crippen LogP contribution < -0.4 is 0 Å². The standard InChI is InChI=1S/C58H35N3S/c1-3-15-36(16-4-1)37-27-29-39(30-28-37)56-59-55(38-17-5-2-6-18-38)60-57(61-56)40-31-32-51-46(33-40)42-20-8-7-19-41(42)43-21-9-12-24-49(43)58(51)50-25-13-10-22-44(50)47-34-48-45-23-11-14-26-53(45)62-54(48)35-52(47)58/h1-35H. The first kappa shape index (κ1) is 35.0. The quantitative estimate of drug-likeness (QED) is 0.178. The largest absolute Gasteiger partial charge is 0.208 e. The lowest BCUT2D eigenvalue weighted by molar-refractivity contribution is 0.777. The molecule has 0 amide bonds. The van der Waals surface area contributed by atoms with E-state index in [1.165, 1.54) is 81.4 Å². The minimum atomic E-state index is -0.597. The Labute approximate surface area is 363 Å². The normalized spacial score (nSPS) is 14.5. The van der Waals surface area contributed by atoms with Gasteiger partial charge in [-0.15, -0.1) is 11.3 Å². The number of fused-ring (bicyclic) bond motifs is 15. The molecule has 1 atom stereocenters. The lowest BCUT2D eigenvalue weighted by Gasteiger charge is -2.35. The van der Waals surface area contributed by atoms with Crippen LogP contribution in [0, 0.1) is 0 Å². The molecule has 11 aromatic rings. The lowest BCUT2D eigenvalue weighted by atomic mass is 9.65. The second-order valence-electron chi connectivity index (χ2n) is 16.3. The van der Waals surface area contributed by atoms with Gasteiger partial charge >= 0.3 is 0 Å². The second kappa shape index (κ2) is 13.6. The van der Waals surface area contributed by atoms with Crippen molar-refractivity contribution >= 4 is 31.5 Å². The average Bonchev–Trinajstić information content (AvgIpc) is 3.82. The number of thiophene rings is 1. The Morgan fingerprint density at radius 2 is 0.726 bits per heavy atom. The highest BCUT2D eigenvalue weighted by molar-refractivity contribution is 7.25. The molecule has 2 heterocycles. The zero-order valence-electron chi connectivity index (χ0n) is 33.5. The molecule has 0 fully saturated rings. The van der Waals surface area contributed by atoms with Crippen molar-refractivity contribution in [2.75, 3.05) is 0 Å². The fraction of sp³-hybridized carbons (Fsp3) is 0.0172. The molecule has 0 radical (unpaired) electrons. The molecular weight excluding hydrogens is 771 g/mol. The van der Waals surface area contributed by atoms with Gasteiger partial charge in [0.2, 0.25) is 0 Å². The fourth-order valence-corrected chi connectivity index (χ4v) is 11.4. The van der Waals surface area contributed by atoms with E-state index in [0.717, 1.165) is 22.3 Å².